The molecule has 28 heavy (non-hydrogen) atoms. The molecule has 0 saturated heterocycles. The summed E-state index contributed by atoms with van der Waals surface area (Å²) >= 11 is 0. The van der Waals surface area contributed by atoms with Crippen LogP contribution in [0, 0.1) is 0 Å². The Hall–Kier alpha value is -4.01. The molecular weight excluding hydrogens is 356 g/mol. The lowest BCUT2D eigenvalue weighted by Crippen LogP contribution is -2.03. The highest BCUT2D eigenvalue weighted by Gasteiger charge is 2.17. The molecule has 2 aromatic carbocycles. The number of aromatic amines is 1. The van der Waals surface area contributed by atoms with E-state index in [0.717, 1.165) is 27.6 Å². The molecule has 0 amide bonds. The predicted molar refractivity (Wildman–Crippen MR) is 105 cm³/mol. The first kappa shape index (κ1) is 16.2. The number of benzene rings is 2. The van der Waals surface area contributed by atoms with Crippen LogP contribution in [-0.4, -0.2) is 41.8 Å². The Bertz CT molecular complexity index is 1290. The van der Waals surface area contributed by atoms with Crippen LogP contribution in [0.5, 0.6) is 5.75 Å². The molecule has 9 nitrogen and oxygen atoms in total. The Labute approximate surface area is 159 Å². The zero-order chi connectivity index (χ0) is 19.1. The zero-order valence-corrected chi connectivity index (χ0v) is 15.0. The highest BCUT2D eigenvalue weighted by molar-refractivity contribution is 6.00. The van der Waals surface area contributed by atoms with Gasteiger partial charge in [-0.3, -0.25) is 0 Å². The fraction of sp³-hybridized carbons (Fsp3) is 0.105. The Morgan fingerprint density at radius 3 is 2.82 bits per heavy atom. The molecule has 5 aromatic rings. The highest BCUT2D eigenvalue weighted by atomic mass is 16.5. The molecule has 3 heterocycles. The van der Waals surface area contributed by atoms with Gasteiger partial charge in [0.25, 0.3) is 0 Å². The van der Waals surface area contributed by atoms with Crippen molar-refractivity contribution in [1.82, 2.24) is 35.2 Å². The summed E-state index contributed by atoms with van der Waals surface area (Å²) in [6.45, 7) is 2.54. The van der Waals surface area contributed by atoms with Gasteiger partial charge in [0.05, 0.1) is 18.4 Å². The van der Waals surface area contributed by atoms with Crippen molar-refractivity contribution in [3.05, 3.63) is 48.8 Å². The number of H-pyrrole nitrogens is 1. The molecule has 0 radical (unpaired) electrons. The molecule has 0 aliphatic rings. The number of anilines is 1. The predicted octanol–water partition coefficient (Wildman–Crippen LogP) is 2.71. The monoisotopic (exact) mass is 372 g/mol. The smallest absolute Gasteiger partial charge is 0.184 e. The number of aromatic nitrogens is 7. The van der Waals surface area contributed by atoms with Crippen LogP contribution >= 0.6 is 0 Å². The number of nitrogens with one attached hydrogen (secondary N) is 1. The van der Waals surface area contributed by atoms with Crippen LogP contribution in [0.4, 0.5) is 5.82 Å². The molecule has 5 rings (SSSR count). The molecule has 3 aromatic heterocycles. The van der Waals surface area contributed by atoms with Gasteiger partial charge < -0.3 is 10.5 Å². The number of nitrogens with zero attached hydrogens (tertiary/aromatic N) is 6. The first-order chi connectivity index (χ1) is 13.8. The lowest BCUT2D eigenvalue weighted by molar-refractivity contribution is 0.341. The third-order valence-electron chi connectivity index (χ3n) is 4.60. The molecule has 0 atom stereocenters. The van der Waals surface area contributed by atoms with Gasteiger partial charge in [-0.2, -0.15) is 9.61 Å². The number of ether oxygens (including phenoxy) is 1. The quantitative estimate of drug-likeness (QED) is 0.497. The first-order valence-corrected chi connectivity index (χ1v) is 8.78. The average molecular weight is 372 g/mol. The van der Waals surface area contributed by atoms with Crippen molar-refractivity contribution in [2.75, 3.05) is 12.3 Å². The van der Waals surface area contributed by atoms with E-state index >= 15 is 0 Å². The minimum atomic E-state index is 0.475. The molecular formula is C19H16N8O. The van der Waals surface area contributed by atoms with Gasteiger partial charge in [0.1, 0.15) is 11.6 Å². The summed E-state index contributed by atoms with van der Waals surface area (Å²) in [6, 6.07) is 12.1. The van der Waals surface area contributed by atoms with Crippen molar-refractivity contribution in [3.8, 4) is 28.3 Å². The average Bonchev–Trinajstić information content (AvgIpc) is 3.38. The van der Waals surface area contributed by atoms with Gasteiger partial charge in [0.15, 0.2) is 11.5 Å². The maximum atomic E-state index is 6.49. The summed E-state index contributed by atoms with van der Waals surface area (Å²) in [5, 5.41) is 20.4. The van der Waals surface area contributed by atoms with Crippen LogP contribution in [0.3, 0.4) is 0 Å². The number of hydrogen-bond donors (Lipinski definition) is 2. The van der Waals surface area contributed by atoms with E-state index in [-0.39, 0.29) is 0 Å². The second kappa shape index (κ2) is 6.31. The lowest BCUT2D eigenvalue weighted by atomic mass is 9.99. The summed E-state index contributed by atoms with van der Waals surface area (Å²) in [6.07, 6.45) is 3.39. The summed E-state index contributed by atoms with van der Waals surface area (Å²) in [5.74, 6) is 1.74. The van der Waals surface area contributed by atoms with E-state index in [0.29, 0.717) is 29.5 Å². The van der Waals surface area contributed by atoms with E-state index in [9.17, 15) is 0 Å². The third-order valence-corrected chi connectivity index (χ3v) is 4.60. The number of fused-ring (bicyclic) bond motifs is 2. The molecule has 9 heteroatoms. The summed E-state index contributed by atoms with van der Waals surface area (Å²) in [7, 11) is 0. The minimum Gasteiger partial charge on any atom is -0.494 e. The topological polar surface area (TPSA) is 120 Å². The van der Waals surface area contributed by atoms with Crippen molar-refractivity contribution in [2.24, 2.45) is 0 Å². The fourth-order valence-electron chi connectivity index (χ4n) is 3.35. The molecule has 0 aliphatic heterocycles. The van der Waals surface area contributed by atoms with Crippen LogP contribution in [0.2, 0.25) is 0 Å². The van der Waals surface area contributed by atoms with E-state index in [4.69, 9.17) is 10.5 Å². The second-order valence-corrected chi connectivity index (χ2v) is 6.23. The normalized spacial score (nSPS) is 11.3. The molecule has 0 saturated carbocycles. The van der Waals surface area contributed by atoms with E-state index in [1.807, 2.05) is 37.3 Å². The van der Waals surface area contributed by atoms with Gasteiger partial charge in [0.2, 0.25) is 0 Å². The lowest BCUT2D eigenvalue weighted by Gasteiger charge is -2.13. The number of rotatable bonds is 4. The third kappa shape index (κ3) is 2.44. The number of hydrogen-bond acceptors (Lipinski definition) is 7. The van der Waals surface area contributed by atoms with E-state index in [1.165, 1.54) is 0 Å². The highest BCUT2D eigenvalue weighted by Crippen LogP contribution is 2.36. The Morgan fingerprint density at radius 1 is 1.11 bits per heavy atom. The molecule has 0 unspecified atom stereocenters. The fourth-order valence-corrected chi connectivity index (χ4v) is 3.35. The molecule has 0 fully saturated rings. The second-order valence-electron chi connectivity index (χ2n) is 6.23. The van der Waals surface area contributed by atoms with Crippen LogP contribution < -0.4 is 10.5 Å². The van der Waals surface area contributed by atoms with Gasteiger partial charge in [-0.1, -0.05) is 24.3 Å². The zero-order valence-electron chi connectivity index (χ0n) is 15.0. The summed E-state index contributed by atoms with van der Waals surface area (Å²) in [4.78, 5) is 4.58. The number of tetrazole rings is 1. The van der Waals surface area contributed by atoms with Gasteiger partial charge in [0, 0.05) is 11.8 Å². The van der Waals surface area contributed by atoms with Crippen LogP contribution in [-0.2, 0) is 0 Å². The number of nitrogen functional groups attached to an aromatic ring is 1. The van der Waals surface area contributed by atoms with Crippen LogP contribution in [0.15, 0.2) is 48.8 Å². The van der Waals surface area contributed by atoms with E-state index < -0.39 is 0 Å². The molecule has 0 aliphatic carbocycles. The SMILES string of the molecule is CCOc1cc(-c2cnc3c(-c4nnn[nH]4)cnn3c2N)c2ccccc2c1. The van der Waals surface area contributed by atoms with E-state index in [1.54, 1.807) is 16.9 Å². The Morgan fingerprint density at radius 2 is 2.00 bits per heavy atom. The van der Waals surface area contributed by atoms with Crippen molar-refractivity contribution < 1.29 is 4.74 Å². The minimum absolute atomic E-state index is 0.475. The molecule has 0 bridgehead atoms. The van der Waals surface area contributed by atoms with Gasteiger partial charge in [-0.05, 0) is 45.8 Å². The van der Waals surface area contributed by atoms with Crippen LogP contribution in [0.1, 0.15) is 6.92 Å². The van der Waals surface area contributed by atoms with Gasteiger partial charge >= 0.3 is 0 Å². The van der Waals surface area contributed by atoms with Crippen molar-refractivity contribution >= 4 is 22.2 Å². The van der Waals surface area contributed by atoms with Gasteiger partial charge in [-0.25, -0.2) is 10.1 Å². The van der Waals surface area contributed by atoms with Crippen molar-refractivity contribution in [2.45, 2.75) is 6.92 Å². The van der Waals surface area contributed by atoms with E-state index in [2.05, 4.69) is 36.8 Å². The number of nitrogens with two attached hydrogens (primary N) is 1. The summed E-state index contributed by atoms with van der Waals surface area (Å²) in [5.41, 5.74) is 9.45. The van der Waals surface area contributed by atoms with Gasteiger partial charge in [-0.15, -0.1) is 5.10 Å². The molecule has 0 spiro atoms. The van der Waals surface area contributed by atoms with Crippen molar-refractivity contribution in [3.63, 3.8) is 0 Å². The van der Waals surface area contributed by atoms with Crippen molar-refractivity contribution in [1.29, 1.82) is 0 Å². The Kier molecular flexibility index (Phi) is 3.64. The van der Waals surface area contributed by atoms with Crippen LogP contribution in [0.25, 0.3) is 38.9 Å². The standard InChI is InChI=1S/C19H16N8O/c1-2-28-12-7-11-5-3-4-6-13(11)14(8-12)15-9-21-19-16(18-23-25-26-24-18)10-22-27(19)17(15)20/h3-10H,2,20H2,1H3,(H,23,24,25,26). The first-order valence-electron chi connectivity index (χ1n) is 8.78. The largest absolute Gasteiger partial charge is 0.494 e. The molecule has 138 valence electrons. The molecule has 3 N–H and O–H groups in total. The summed E-state index contributed by atoms with van der Waals surface area (Å²) < 4.78 is 7.34. The maximum Gasteiger partial charge on any atom is 0.184 e. The Balaban J connectivity index is 1.75. The maximum absolute atomic E-state index is 6.49.